The van der Waals surface area contributed by atoms with E-state index < -0.39 is 5.97 Å². The van der Waals surface area contributed by atoms with Crippen LogP contribution in [0.5, 0.6) is 5.75 Å². The third-order valence-corrected chi connectivity index (χ3v) is 5.66. The molecule has 10 heteroatoms. The van der Waals surface area contributed by atoms with E-state index in [0.717, 1.165) is 22.4 Å². The highest BCUT2D eigenvalue weighted by Crippen LogP contribution is 2.23. The van der Waals surface area contributed by atoms with Gasteiger partial charge in [0.05, 0.1) is 12.4 Å². The summed E-state index contributed by atoms with van der Waals surface area (Å²) in [6.07, 6.45) is 3.01. The van der Waals surface area contributed by atoms with Crippen molar-refractivity contribution in [2.45, 2.75) is 32.5 Å². The fourth-order valence-electron chi connectivity index (χ4n) is 3.03. The van der Waals surface area contributed by atoms with E-state index >= 15 is 0 Å². The number of aryl methyl sites for hydroxylation is 2. The topological polar surface area (TPSA) is 121 Å². The molecule has 3 N–H and O–H groups in total. The number of carbonyl (C=O) groups is 2. The van der Waals surface area contributed by atoms with Gasteiger partial charge in [0, 0.05) is 11.8 Å². The second kappa shape index (κ2) is 11.9. The Kier molecular flexibility index (Phi) is 8.69. The zero-order valence-electron chi connectivity index (χ0n) is 19.3. The Morgan fingerprint density at radius 2 is 1.82 bits per heavy atom. The Hall–Kier alpha value is -3.79. The van der Waals surface area contributed by atoms with Crippen LogP contribution in [0.15, 0.2) is 53.7 Å². The summed E-state index contributed by atoms with van der Waals surface area (Å²) in [4.78, 5) is 23.7. The summed E-state index contributed by atoms with van der Waals surface area (Å²) in [7, 11) is 0. The molecule has 178 valence electrons. The van der Waals surface area contributed by atoms with E-state index in [-0.39, 0.29) is 18.3 Å². The molecule has 0 saturated heterocycles. The molecule has 0 spiro atoms. The molecule has 1 heterocycles. The van der Waals surface area contributed by atoms with E-state index in [0.29, 0.717) is 23.3 Å². The maximum Gasteiger partial charge on any atom is 0.330 e. The number of esters is 1. The number of anilines is 1. The molecule has 34 heavy (non-hydrogen) atoms. The van der Waals surface area contributed by atoms with Gasteiger partial charge in [0.1, 0.15) is 12.4 Å². The number of nitrogens with one attached hydrogen (secondary N) is 1. The number of nitrogens with two attached hydrogens (primary N) is 1. The number of para-hydroxylation sites is 1. The van der Waals surface area contributed by atoms with Gasteiger partial charge in [-0.15, -0.1) is 10.2 Å². The van der Waals surface area contributed by atoms with Crippen molar-refractivity contribution in [1.82, 2.24) is 14.9 Å². The summed E-state index contributed by atoms with van der Waals surface area (Å²) in [5, 5.41) is 11.4. The van der Waals surface area contributed by atoms with Crippen molar-refractivity contribution in [3.8, 4) is 5.75 Å². The Morgan fingerprint density at radius 1 is 1.12 bits per heavy atom. The van der Waals surface area contributed by atoms with E-state index in [4.69, 9.17) is 15.3 Å². The molecule has 0 fully saturated rings. The molecule has 0 radical (unpaired) electrons. The average molecular weight is 482 g/mol. The second-order valence-corrected chi connectivity index (χ2v) is 8.27. The largest absolute Gasteiger partial charge is 0.485 e. The van der Waals surface area contributed by atoms with Gasteiger partial charge in [-0.1, -0.05) is 42.1 Å². The maximum absolute atomic E-state index is 12.3. The third kappa shape index (κ3) is 6.85. The highest BCUT2D eigenvalue weighted by Gasteiger charge is 2.14. The van der Waals surface area contributed by atoms with Crippen LogP contribution >= 0.6 is 11.8 Å². The minimum absolute atomic E-state index is 0.109. The Balaban J connectivity index is 1.49. The van der Waals surface area contributed by atoms with Crippen LogP contribution in [0, 0.1) is 13.8 Å². The third-order valence-electron chi connectivity index (χ3n) is 4.71. The number of hydrogen-bond donors (Lipinski definition) is 2. The first-order chi connectivity index (χ1) is 16.4. The second-order valence-electron chi connectivity index (χ2n) is 7.32. The summed E-state index contributed by atoms with van der Waals surface area (Å²) in [6, 6.07) is 13.0. The monoisotopic (exact) mass is 481 g/mol. The molecule has 0 aliphatic rings. The SMILES string of the molecule is CCOC(=O)/C=C/c1ccc(NC(=O)CSc2nnc(COc3c(C)cccc3C)n2N)cc1. The maximum atomic E-state index is 12.3. The average Bonchev–Trinajstić information content (AvgIpc) is 3.16. The molecular weight excluding hydrogens is 454 g/mol. The lowest BCUT2D eigenvalue weighted by atomic mass is 10.1. The molecular formula is C24H27N5O4S. The Bertz CT molecular complexity index is 1150. The van der Waals surface area contributed by atoms with Crippen molar-refractivity contribution in [3.63, 3.8) is 0 Å². The van der Waals surface area contributed by atoms with Gasteiger partial charge in [-0.3, -0.25) is 4.79 Å². The quantitative estimate of drug-likeness (QED) is 0.195. The van der Waals surface area contributed by atoms with Gasteiger partial charge in [-0.05, 0) is 55.7 Å². The van der Waals surface area contributed by atoms with Crippen LogP contribution in [0.3, 0.4) is 0 Å². The lowest BCUT2D eigenvalue weighted by Gasteiger charge is -2.11. The van der Waals surface area contributed by atoms with Crippen molar-refractivity contribution >= 4 is 35.4 Å². The summed E-state index contributed by atoms with van der Waals surface area (Å²) in [6.45, 7) is 6.19. The van der Waals surface area contributed by atoms with Gasteiger partial charge in [0.25, 0.3) is 0 Å². The van der Waals surface area contributed by atoms with Gasteiger partial charge in [-0.2, -0.15) is 0 Å². The van der Waals surface area contributed by atoms with Crippen molar-refractivity contribution in [3.05, 3.63) is 71.1 Å². The Labute approximate surface area is 202 Å². The van der Waals surface area contributed by atoms with Gasteiger partial charge in [-0.25, -0.2) is 9.47 Å². The number of nitrogen functional groups attached to an aromatic ring is 1. The first kappa shape index (κ1) is 24.8. The highest BCUT2D eigenvalue weighted by molar-refractivity contribution is 7.99. The molecule has 0 aliphatic carbocycles. The molecule has 1 amide bonds. The zero-order chi connectivity index (χ0) is 24.5. The predicted octanol–water partition coefficient (Wildman–Crippen LogP) is 3.49. The van der Waals surface area contributed by atoms with Gasteiger partial charge >= 0.3 is 5.97 Å². The number of aromatic nitrogens is 3. The van der Waals surface area contributed by atoms with Crippen molar-refractivity contribution in [2.75, 3.05) is 23.5 Å². The van der Waals surface area contributed by atoms with E-state index in [1.165, 1.54) is 22.5 Å². The molecule has 3 aromatic rings. The lowest BCUT2D eigenvalue weighted by molar-refractivity contribution is -0.137. The van der Waals surface area contributed by atoms with E-state index in [1.807, 2.05) is 32.0 Å². The smallest absolute Gasteiger partial charge is 0.330 e. The molecule has 0 atom stereocenters. The summed E-state index contributed by atoms with van der Waals surface area (Å²) in [5.41, 5.74) is 3.50. The lowest BCUT2D eigenvalue weighted by Crippen LogP contribution is -2.18. The molecule has 0 unspecified atom stereocenters. The van der Waals surface area contributed by atoms with Crippen LogP contribution in [0.4, 0.5) is 5.69 Å². The molecule has 9 nitrogen and oxygen atoms in total. The first-order valence-electron chi connectivity index (χ1n) is 10.6. The standard InChI is InChI=1S/C24H27N5O4S/c1-4-32-22(31)13-10-18-8-11-19(12-9-18)26-21(30)15-34-24-28-27-20(29(24)25)14-33-23-16(2)6-5-7-17(23)3/h5-13H,4,14-15,25H2,1-3H3,(H,26,30)/b13-10+. The number of thioether (sulfide) groups is 1. The van der Waals surface area contributed by atoms with Crippen LogP contribution in [0.1, 0.15) is 29.4 Å². The number of ether oxygens (including phenoxy) is 2. The molecule has 0 saturated carbocycles. The van der Waals surface area contributed by atoms with Crippen molar-refractivity contribution in [1.29, 1.82) is 0 Å². The van der Waals surface area contributed by atoms with Crippen molar-refractivity contribution in [2.24, 2.45) is 0 Å². The van der Waals surface area contributed by atoms with E-state index in [1.54, 1.807) is 37.3 Å². The van der Waals surface area contributed by atoms with Gasteiger partial charge in [0.15, 0.2) is 5.82 Å². The normalized spacial score (nSPS) is 10.9. The number of hydrogen-bond acceptors (Lipinski definition) is 8. The first-order valence-corrected chi connectivity index (χ1v) is 11.6. The zero-order valence-corrected chi connectivity index (χ0v) is 20.1. The highest BCUT2D eigenvalue weighted by atomic mass is 32.2. The van der Waals surface area contributed by atoms with Crippen LogP contribution in [0.2, 0.25) is 0 Å². The molecule has 0 bridgehead atoms. The molecule has 3 rings (SSSR count). The summed E-state index contributed by atoms with van der Waals surface area (Å²) in [5.74, 6) is 6.83. The summed E-state index contributed by atoms with van der Waals surface area (Å²) < 4.78 is 12.1. The predicted molar refractivity (Wildman–Crippen MR) is 132 cm³/mol. The number of carbonyl (C=O) groups excluding carboxylic acids is 2. The Morgan fingerprint density at radius 3 is 2.50 bits per heavy atom. The van der Waals surface area contributed by atoms with E-state index in [2.05, 4.69) is 15.5 Å². The van der Waals surface area contributed by atoms with Crippen LogP contribution in [-0.4, -0.2) is 39.1 Å². The van der Waals surface area contributed by atoms with Gasteiger partial charge < -0.3 is 20.6 Å². The van der Waals surface area contributed by atoms with Crippen LogP contribution in [0.25, 0.3) is 6.08 Å². The number of rotatable bonds is 10. The molecule has 2 aromatic carbocycles. The fourth-order valence-corrected chi connectivity index (χ4v) is 3.70. The summed E-state index contributed by atoms with van der Waals surface area (Å²) >= 11 is 1.18. The minimum atomic E-state index is -0.398. The number of nitrogens with zero attached hydrogens (tertiary/aromatic N) is 3. The van der Waals surface area contributed by atoms with Crippen molar-refractivity contribution < 1.29 is 19.1 Å². The number of amides is 1. The van der Waals surface area contributed by atoms with Gasteiger partial charge in [0.2, 0.25) is 11.1 Å². The fraction of sp³-hybridized carbons (Fsp3) is 0.250. The van der Waals surface area contributed by atoms with E-state index in [9.17, 15) is 9.59 Å². The molecule has 1 aromatic heterocycles. The molecule has 0 aliphatic heterocycles. The minimum Gasteiger partial charge on any atom is -0.485 e. The van der Waals surface area contributed by atoms with Crippen LogP contribution < -0.4 is 15.9 Å². The number of benzene rings is 2. The van der Waals surface area contributed by atoms with Crippen LogP contribution in [-0.2, 0) is 20.9 Å².